The van der Waals surface area contributed by atoms with Gasteiger partial charge in [-0.05, 0) is 0 Å². The van der Waals surface area contributed by atoms with Crippen LogP contribution in [0.4, 0.5) is 0 Å². The van der Waals surface area contributed by atoms with Crippen LogP contribution in [0.15, 0.2) is 5.16 Å². The lowest BCUT2D eigenvalue weighted by molar-refractivity contribution is 0.316. The maximum atomic E-state index is 7.74. The van der Waals surface area contributed by atoms with Gasteiger partial charge in [0, 0.05) is 7.05 Å². The maximum absolute atomic E-state index is 7.74. The van der Waals surface area contributed by atoms with E-state index >= 15 is 0 Å². The fourth-order valence-corrected chi connectivity index (χ4v) is 0.0500. The molecule has 0 aliphatic carbocycles. The highest BCUT2D eigenvalue weighted by atomic mass is 16.4. The van der Waals surface area contributed by atoms with Crippen molar-refractivity contribution in [3.05, 3.63) is 0 Å². The lowest BCUT2D eigenvalue weighted by atomic mass is 11.0. The van der Waals surface area contributed by atoms with E-state index in [1.54, 1.807) is 7.05 Å². The van der Waals surface area contributed by atoms with E-state index in [0.717, 1.165) is 0 Å². The number of oxime groups is 1. The summed E-state index contributed by atoms with van der Waals surface area (Å²) in [4.78, 5) is 0. The van der Waals surface area contributed by atoms with Gasteiger partial charge < -0.3 is 16.3 Å². The Morgan fingerprint density at radius 2 is 2.50 bits per heavy atom. The van der Waals surface area contributed by atoms with Crippen LogP contribution in [-0.2, 0) is 0 Å². The van der Waals surface area contributed by atoms with Crippen LogP contribution in [0.25, 0.3) is 0 Å². The Labute approximate surface area is 35.6 Å². The molecule has 0 aromatic carbocycles. The van der Waals surface area contributed by atoms with Crippen LogP contribution < -0.4 is 11.1 Å². The molecule has 0 aliphatic rings. The van der Waals surface area contributed by atoms with Gasteiger partial charge in [0.05, 0.1) is 0 Å². The monoisotopic (exact) mass is 89.1 g/mol. The number of nitrogens with one attached hydrogen (secondary N) is 1. The molecule has 0 rings (SSSR count). The topological polar surface area (TPSA) is 70.6 Å². The van der Waals surface area contributed by atoms with Gasteiger partial charge >= 0.3 is 0 Å². The quantitative estimate of drug-likeness (QED) is 0.153. The second-order valence-electron chi connectivity index (χ2n) is 0.735. The molecule has 0 fully saturated rings. The van der Waals surface area contributed by atoms with Crippen molar-refractivity contribution < 1.29 is 5.21 Å². The number of rotatable bonds is 0. The lowest BCUT2D eigenvalue weighted by Crippen LogP contribution is -2.27. The van der Waals surface area contributed by atoms with Gasteiger partial charge in [-0.2, -0.15) is 0 Å². The first-order valence-electron chi connectivity index (χ1n) is 1.46. The average Bonchev–Trinajstić information content (AvgIpc) is 1.65. The molecule has 0 aromatic rings. The average molecular weight is 89.1 g/mol. The van der Waals surface area contributed by atoms with Crippen molar-refractivity contribution in [1.29, 1.82) is 0 Å². The second kappa shape index (κ2) is 2.32. The zero-order valence-electron chi connectivity index (χ0n) is 3.47. The lowest BCUT2D eigenvalue weighted by Gasteiger charge is -1.88. The summed E-state index contributed by atoms with van der Waals surface area (Å²) in [6.07, 6.45) is 0. The fourth-order valence-electron chi connectivity index (χ4n) is 0.0500. The first-order valence-corrected chi connectivity index (χ1v) is 1.46. The van der Waals surface area contributed by atoms with E-state index in [0.29, 0.717) is 0 Å². The Kier molecular flexibility index (Phi) is 1.96. The van der Waals surface area contributed by atoms with Crippen molar-refractivity contribution in [2.24, 2.45) is 10.9 Å². The molecule has 0 heterocycles. The van der Waals surface area contributed by atoms with Crippen LogP contribution in [0.2, 0.25) is 0 Å². The summed E-state index contributed by atoms with van der Waals surface area (Å²) in [5, 5.41) is 12.7. The van der Waals surface area contributed by atoms with E-state index in [-0.39, 0.29) is 5.96 Å². The predicted octanol–water partition coefficient (Wildman–Crippen LogP) is -1.09. The van der Waals surface area contributed by atoms with Crippen LogP contribution >= 0.6 is 0 Å². The SMILES string of the molecule is CN/C(N)=N\O. The third-order valence-electron chi connectivity index (χ3n) is 0.364. The third kappa shape index (κ3) is 1.40. The van der Waals surface area contributed by atoms with Crippen LogP contribution in [0.1, 0.15) is 0 Å². The van der Waals surface area contributed by atoms with E-state index in [1.807, 2.05) is 0 Å². The van der Waals surface area contributed by atoms with Crippen LogP contribution in [0.5, 0.6) is 0 Å². The third-order valence-corrected chi connectivity index (χ3v) is 0.364. The Morgan fingerprint density at radius 1 is 2.00 bits per heavy atom. The Morgan fingerprint density at radius 3 is 2.50 bits per heavy atom. The van der Waals surface area contributed by atoms with Crippen molar-refractivity contribution in [2.75, 3.05) is 7.05 Å². The summed E-state index contributed by atoms with van der Waals surface area (Å²) in [6, 6.07) is 0. The molecule has 0 atom stereocenters. The molecule has 0 saturated heterocycles. The van der Waals surface area contributed by atoms with E-state index in [9.17, 15) is 0 Å². The summed E-state index contributed by atoms with van der Waals surface area (Å²) in [7, 11) is 1.56. The van der Waals surface area contributed by atoms with Crippen molar-refractivity contribution in [1.82, 2.24) is 5.32 Å². The number of nitrogens with two attached hydrogens (primary N) is 1. The first kappa shape index (κ1) is 5.07. The van der Waals surface area contributed by atoms with Crippen LogP contribution in [0.3, 0.4) is 0 Å². The highest BCUT2D eigenvalue weighted by Gasteiger charge is 1.74. The standard InChI is InChI=1S/C2H7N3O/c1-4-2(3)5-6/h6H,1H3,(H3,3,4,5). The largest absolute Gasteiger partial charge is 0.408 e. The van der Waals surface area contributed by atoms with Gasteiger partial charge in [-0.3, -0.25) is 0 Å². The van der Waals surface area contributed by atoms with E-state index in [2.05, 4.69) is 10.5 Å². The summed E-state index contributed by atoms with van der Waals surface area (Å²) in [6.45, 7) is 0. The molecule has 0 bridgehead atoms. The molecule has 4 heteroatoms. The smallest absolute Gasteiger partial charge is 0.230 e. The molecule has 0 aromatic heterocycles. The van der Waals surface area contributed by atoms with Crippen LogP contribution in [0, 0.1) is 0 Å². The summed E-state index contributed by atoms with van der Waals surface area (Å²) >= 11 is 0. The van der Waals surface area contributed by atoms with Crippen molar-refractivity contribution in [3.63, 3.8) is 0 Å². The second-order valence-corrected chi connectivity index (χ2v) is 0.735. The predicted molar refractivity (Wildman–Crippen MR) is 22.5 cm³/mol. The molecule has 4 nitrogen and oxygen atoms in total. The highest BCUT2D eigenvalue weighted by Crippen LogP contribution is 1.47. The number of nitrogens with zero attached hydrogens (tertiary/aromatic N) is 1. The number of hydrogen-bond donors (Lipinski definition) is 3. The summed E-state index contributed by atoms with van der Waals surface area (Å²) in [5.74, 6) is 0.0231. The molecule has 36 valence electrons. The maximum Gasteiger partial charge on any atom is 0.230 e. The molecular formula is C2H7N3O. The zero-order valence-corrected chi connectivity index (χ0v) is 3.47. The molecular weight excluding hydrogens is 82.0 g/mol. The molecule has 0 aliphatic heterocycles. The van der Waals surface area contributed by atoms with Crippen molar-refractivity contribution >= 4 is 5.96 Å². The number of guanidine groups is 1. The minimum absolute atomic E-state index is 0.0231. The van der Waals surface area contributed by atoms with Gasteiger partial charge in [0.2, 0.25) is 5.96 Å². The minimum atomic E-state index is 0.0231. The first-order chi connectivity index (χ1) is 2.81. The Balaban J connectivity index is 3.22. The molecule has 0 amide bonds. The van der Waals surface area contributed by atoms with Gasteiger partial charge in [0.15, 0.2) is 0 Å². The zero-order chi connectivity index (χ0) is 4.99. The summed E-state index contributed by atoms with van der Waals surface area (Å²) < 4.78 is 0. The van der Waals surface area contributed by atoms with E-state index in [1.165, 1.54) is 0 Å². The van der Waals surface area contributed by atoms with Gasteiger partial charge in [-0.25, -0.2) is 0 Å². The Bertz CT molecular complexity index is 59.8. The highest BCUT2D eigenvalue weighted by molar-refractivity contribution is 5.76. The van der Waals surface area contributed by atoms with Gasteiger partial charge in [-0.15, -0.1) is 0 Å². The van der Waals surface area contributed by atoms with Gasteiger partial charge in [0.1, 0.15) is 0 Å². The molecule has 0 saturated carbocycles. The Hall–Kier alpha value is -0.930. The van der Waals surface area contributed by atoms with E-state index < -0.39 is 0 Å². The van der Waals surface area contributed by atoms with E-state index in [4.69, 9.17) is 10.9 Å². The summed E-state index contributed by atoms with van der Waals surface area (Å²) in [5.41, 5.74) is 4.86. The normalized spacial score (nSPS) is 11.2. The number of hydrogen-bond acceptors (Lipinski definition) is 2. The van der Waals surface area contributed by atoms with Crippen LogP contribution in [-0.4, -0.2) is 18.2 Å². The van der Waals surface area contributed by atoms with Gasteiger partial charge in [-0.1, -0.05) is 5.16 Å². The molecule has 0 unspecified atom stereocenters. The minimum Gasteiger partial charge on any atom is -0.408 e. The molecule has 6 heavy (non-hydrogen) atoms. The molecule has 0 radical (unpaired) electrons. The molecule has 0 spiro atoms. The van der Waals surface area contributed by atoms with Crippen molar-refractivity contribution in [3.8, 4) is 0 Å². The van der Waals surface area contributed by atoms with Gasteiger partial charge in [0.25, 0.3) is 0 Å². The molecule has 4 N–H and O–H groups in total. The fraction of sp³-hybridized carbons (Fsp3) is 0.500. The van der Waals surface area contributed by atoms with Crippen molar-refractivity contribution in [2.45, 2.75) is 0 Å².